The number of H-pyrrole nitrogens is 1. The van der Waals surface area contributed by atoms with Crippen molar-refractivity contribution in [2.75, 3.05) is 5.32 Å². The largest absolute Gasteiger partial charge is 0.342 e. The lowest BCUT2D eigenvalue weighted by atomic mass is 9.51. The number of nitrogens with one attached hydrogen (secondary N) is 2. The number of imidazole rings is 1. The van der Waals surface area contributed by atoms with Crippen molar-refractivity contribution < 1.29 is 4.79 Å². The molecule has 4 bridgehead atoms. The minimum absolute atomic E-state index is 0.173. The van der Waals surface area contributed by atoms with Gasteiger partial charge in [0.05, 0.1) is 11.0 Å². The number of benzene rings is 2. The van der Waals surface area contributed by atoms with Gasteiger partial charge in [0.2, 0.25) is 5.91 Å². The zero-order valence-electron chi connectivity index (χ0n) is 17.3. The summed E-state index contributed by atoms with van der Waals surface area (Å²) in [7, 11) is 0. The van der Waals surface area contributed by atoms with E-state index in [2.05, 4.69) is 34.6 Å². The van der Waals surface area contributed by atoms with Crippen molar-refractivity contribution in [2.45, 2.75) is 44.9 Å². The number of aromatic nitrogens is 2. The molecule has 30 heavy (non-hydrogen) atoms. The van der Waals surface area contributed by atoms with Crippen LogP contribution in [0.4, 0.5) is 5.69 Å². The first kappa shape index (κ1) is 18.2. The van der Waals surface area contributed by atoms with Crippen LogP contribution in [0, 0.1) is 29.6 Å². The van der Waals surface area contributed by atoms with E-state index in [1.165, 1.54) is 37.7 Å². The Morgan fingerprint density at radius 1 is 0.967 bits per heavy atom. The Balaban J connectivity index is 1.13. The molecule has 0 saturated heterocycles. The van der Waals surface area contributed by atoms with Crippen molar-refractivity contribution in [1.82, 2.24) is 9.97 Å². The van der Waals surface area contributed by atoms with E-state index >= 15 is 0 Å². The minimum Gasteiger partial charge on any atom is -0.342 e. The van der Waals surface area contributed by atoms with E-state index in [-0.39, 0.29) is 5.91 Å². The van der Waals surface area contributed by atoms with Crippen LogP contribution in [0.1, 0.15) is 49.9 Å². The molecule has 1 aromatic heterocycles. The summed E-state index contributed by atoms with van der Waals surface area (Å²) in [6.07, 6.45) is 8.41. The summed E-state index contributed by atoms with van der Waals surface area (Å²) in [4.78, 5) is 21.0. The van der Waals surface area contributed by atoms with Gasteiger partial charge in [-0.25, -0.2) is 4.98 Å². The van der Waals surface area contributed by atoms with Gasteiger partial charge in [-0.15, -0.1) is 0 Å². The van der Waals surface area contributed by atoms with Gasteiger partial charge >= 0.3 is 0 Å². The predicted octanol–water partition coefficient (Wildman–Crippen LogP) is 5.55. The Morgan fingerprint density at radius 3 is 2.43 bits per heavy atom. The van der Waals surface area contributed by atoms with Crippen molar-refractivity contribution in [3.05, 3.63) is 59.9 Å². The van der Waals surface area contributed by atoms with Gasteiger partial charge < -0.3 is 10.3 Å². The van der Waals surface area contributed by atoms with Gasteiger partial charge in [0, 0.05) is 18.5 Å². The number of carbonyl (C=O) groups is 1. The van der Waals surface area contributed by atoms with Gasteiger partial charge in [-0.2, -0.15) is 0 Å². The van der Waals surface area contributed by atoms with Gasteiger partial charge in [0.1, 0.15) is 5.82 Å². The van der Waals surface area contributed by atoms with Crippen molar-refractivity contribution in [3.8, 4) is 0 Å². The van der Waals surface area contributed by atoms with E-state index in [0.29, 0.717) is 12.3 Å². The maximum Gasteiger partial charge on any atom is 0.224 e. The first-order chi connectivity index (χ1) is 14.7. The summed E-state index contributed by atoms with van der Waals surface area (Å²) in [6.45, 7) is 0. The highest BCUT2D eigenvalue weighted by Crippen LogP contribution is 2.57. The molecule has 154 valence electrons. The number of carbonyl (C=O) groups excluding carboxylic acids is 1. The number of hydrogen-bond acceptors (Lipinski definition) is 2. The van der Waals surface area contributed by atoms with Gasteiger partial charge in [-0.1, -0.05) is 30.3 Å². The van der Waals surface area contributed by atoms with Crippen LogP contribution >= 0.6 is 0 Å². The van der Waals surface area contributed by atoms with Crippen LogP contribution in [0.25, 0.3) is 11.0 Å². The lowest BCUT2D eigenvalue weighted by molar-refractivity contribution is -0.121. The Hall–Kier alpha value is -2.62. The summed E-state index contributed by atoms with van der Waals surface area (Å²) < 4.78 is 0. The molecular weight excluding hydrogens is 370 g/mol. The second-order valence-electron chi connectivity index (χ2n) is 9.92. The Labute approximate surface area is 177 Å². The molecule has 2 aromatic carbocycles. The summed E-state index contributed by atoms with van der Waals surface area (Å²) in [5.74, 6) is 5.23. The second-order valence-corrected chi connectivity index (χ2v) is 9.92. The zero-order valence-corrected chi connectivity index (χ0v) is 17.3. The number of anilines is 1. The highest BCUT2D eigenvalue weighted by Gasteiger charge is 2.48. The third-order valence-corrected chi connectivity index (χ3v) is 7.87. The number of hydrogen-bond donors (Lipinski definition) is 2. The molecule has 4 aliphatic carbocycles. The Kier molecular flexibility index (Phi) is 4.40. The molecule has 0 atom stereocenters. The van der Waals surface area contributed by atoms with Gasteiger partial charge in [-0.05, 0) is 85.5 Å². The van der Waals surface area contributed by atoms with Crippen LogP contribution in [0.15, 0.2) is 48.5 Å². The van der Waals surface area contributed by atoms with Crippen LogP contribution in [0.3, 0.4) is 0 Å². The fraction of sp³-hybridized carbons (Fsp3) is 0.462. The standard InChI is InChI=1S/C26H29N3O/c30-26(15-22-19-9-17-8-18(11-19)12-20(22)10-17)27-21-6-7-23-24(14-21)29-25(28-23)13-16-4-2-1-3-5-16/h1-7,14,17-20,22H,8-13,15H2,(H,27,30)(H,28,29). The van der Waals surface area contributed by atoms with E-state index in [9.17, 15) is 4.79 Å². The molecule has 4 heteroatoms. The lowest BCUT2D eigenvalue weighted by Crippen LogP contribution is -2.46. The minimum atomic E-state index is 0.173. The van der Waals surface area contributed by atoms with Crippen LogP contribution in [0.2, 0.25) is 0 Å². The average molecular weight is 400 g/mol. The monoisotopic (exact) mass is 399 g/mol. The molecule has 0 radical (unpaired) electrons. The number of aromatic amines is 1. The number of nitrogens with zero attached hydrogens (tertiary/aromatic N) is 1. The first-order valence-corrected chi connectivity index (χ1v) is 11.5. The van der Waals surface area contributed by atoms with Crippen LogP contribution in [-0.2, 0) is 11.2 Å². The molecule has 0 spiro atoms. The molecular formula is C26H29N3O. The smallest absolute Gasteiger partial charge is 0.224 e. The molecule has 0 aliphatic heterocycles. The predicted molar refractivity (Wildman–Crippen MR) is 119 cm³/mol. The zero-order chi connectivity index (χ0) is 20.1. The Morgan fingerprint density at radius 2 is 1.70 bits per heavy atom. The normalized spacial score (nSPS) is 29.4. The number of rotatable bonds is 5. The highest BCUT2D eigenvalue weighted by atomic mass is 16.1. The fourth-order valence-electron chi connectivity index (χ4n) is 6.81. The molecule has 7 rings (SSSR count). The molecule has 2 N–H and O–H groups in total. The number of fused-ring (bicyclic) bond motifs is 1. The topological polar surface area (TPSA) is 57.8 Å². The molecule has 4 aliphatic rings. The lowest BCUT2D eigenvalue weighted by Gasteiger charge is -2.54. The first-order valence-electron chi connectivity index (χ1n) is 11.5. The Bertz CT molecular complexity index is 1040. The fourth-order valence-corrected chi connectivity index (χ4v) is 6.81. The van der Waals surface area contributed by atoms with Gasteiger partial charge in [-0.3, -0.25) is 4.79 Å². The third kappa shape index (κ3) is 3.42. The molecule has 4 saturated carbocycles. The summed E-state index contributed by atoms with van der Waals surface area (Å²) in [6, 6.07) is 16.4. The van der Waals surface area contributed by atoms with Crippen molar-refractivity contribution in [3.63, 3.8) is 0 Å². The molecule has 4 nitrogen and oxygen atoms in total. The highest BCUT2D eigenvalue weighted by molar-refractivity contribution is 5.93. The quantitative estimate of drug-likeness (QED) is 0.590. The second kappa shape index (κ2) is 7.26. The van der Waals surface area contributed by atoms with Crippen molar-refractivity contribution >= 4 is 22.6 Å². The van der Waals surface area contributed by atoms with Crippen LogP contribution in [0.5, 0.6) is 0 Å². The van der Waals surface area contributed by atoms with E-state index in [1.54, 1.807) is 0 Å². The van der Waals surface area contributed by atoms with E-state index in [1.807, 2.05) is 24.3 Å². The number of amides is 1. The molecule has 4 fully saturated rings. The van der Waals surface area contributed by atoms with Crippen molar-refractivity contribution in [2.24, 2.45) is 29.6 Å². The summed E-state index contributed by atoms with van der Waals surface area (Å²) in [5, 5.41) is 3.16. The molecule has 1 heterocycles. The van der Waals surface area contributed by atoms with Crippen molar-refractivity contribution in [1.29, 1.82) is 0 Å². The maximum absolute atomic E-state index is 12.8. The molecule has 1 amide bonds. The van der Waals surface area contributed by atoms with Gasteiger partial charge in [0.15, 0.2) is 0 Å². The third-order valence-electron chi connectivity index (χ3n) is 7.87. The van der Waals surface area contributed by atoms with E-state index in [0.717, 1.165) is 52.6 Å². The van der Waals surface area contributed by atoms with Crippen LogP contribution in [-0.4, -0.2) is 15.9 Å². The molecule has 0 unspecified atom stereocenters. The summed E-state index contributed by atoms with van der Waals surface area (Å²) >= 11 is 0. The molecule has 3 aromatic rings. The maximum atomic E-state index is 12.8. The SMILES string of the molecule is O=C(CC1C2CC3CC(C2)CC1C3)Nc1ccc2[nH]c(Cc3ccccc3)nc2c1. The van der Waals surface area contributed by atoms with Crippen LogP contribution < -0.4 is 5.32 Å². The van der Waals surface area contributed by atoms with E-state index < -0.39 is 0 Å². The van der Waals surface area contributed by atoms with Gasteiger partial charge in [0.25, 0.3) is 0 Å². The average Bonchev–Trinajstić information content (AvgIpc) is 3.12. The van der Waals surface area contributed by atoms with E-state index in [4.69, 9.17) is 4.98 Å². The summed E-state index contributed by atoms with van der Waals surface area (Å²) in [5.41, 5.74) is 4.02.